The Kier molecular flexibility index (Phi) is 6.23. The van der Waals surface area contributed by atoms with Gasteiger partial charge in [-0.3, -0.25) is 9.36 Å². The summed E-state index contributed by atoms with van der Waals surface area (Å²) < 4.78 is 2.07. The van der Waals surface area contributed by atoms with Crippen molar-refractivity contribution in [1.29, 1.82) is 0 Å². The minimum absolute atomic E-state index is 0.183. The molecule has 1 aliphatic rings. The van der Waals surface area contributed by atoms with E-state index in [1.54, 1.807) is 0 Å². The lowest BCUT2D eigenvalue weighted by molar-refractivity contribution is -0.130. The van der Waals surface area contributed by atoms with Crippen molar-refractivity contribution in [1.82, 2.24) is 19.7 Å². The normalized spacial score (nSPS) is 16.6. The van der Waals surface area contributed by atoms with E-state index >= 15 is 0 Å². The molecule has 3 aromatic rings. The molecule has 2 aromatic carbocycles. The van der Waals surface area contributed by atoms with Crippen molar-refractivity contribution in [3.05, 3.63) is 59.7 Å². The first-order chi connectivity index (χ1) is 14.5. The maximum absolute atomic E-state index is 12.8. The van der Waals surface area contributed by atoms with Crippen LogP contribution in [0.15, 0.2) is 53.7 Å². The van der Waals surface area contributed by atoms with Gasteiger partial charge >= 0.3 is 0 Å². The van der Waals surface area contributed by atoms with Crippen molar-refractivity contribution in [2.75, 3.05) is 18.8 Å². The van der Waals surface area contributed by atoms with Crippen molar-refractivity contribution in [3.8, 4) is 17.1 Å². The molecule has 0 N–H and O–H groups in total. The fourth-order valence-corrected chi connectivity index (χ4v) is 4.72. The molecular formula is C24H28N4OS. The third kappa shape index (κ3) is 4.43. The van der Waals surface area contributed by atoms with Crippen LogP contribution in [0.5, 0.6) is 0 Å². The molecule has 1 saturated heterocycles. The molecule has 1 aromatic heterocycles. The van der Waals surface area contributed by atoms with E-state index in [0.717, 1.165) is 41.7 Å². The maximum Gasteiger partial charge on any atom is 0.233 e. The molecule has 0 aliphatic carbocycles. The van der Waals surface area contributed by atoms with E-state index in [4.69, 9.17) is 0 Å². The molecule has 0 saturated carbocycles. The van der Waals surface area contributed by atoms with E-state index in [1.165, 1.54) is 29.3 Å². The van der Waals surface area contributed by atoms with Gasteiger partial charge in [-0.25, -0.2) is 0 Å². The maximum atomic E-state index is 12.8. The van der Waals surface area contributed by atoms with Crippen LogP contribution in [0, 0.1) is 19.8 Å². The highest BCUT2D eigenvalue weighted by Crippen LogP contribution is 2.29. The Morgan fingerprint density at radius 3 is 2.63 bits per heavy atom. The van der Waals surface area contributed by atoms with Crippen molar-refractivity contribution in [3.63, 3.8) is 0 Å². The van der Waals surface area contributed by atoms with Crippen molar-refractivity contribution in [2.45, 2.75) is 38.8 Å². The van der Waals surface area contributed by atoms with Gasteiger partial charge in [0.1, 0.15) is 0 Å². The largest absolute Gasteiger partial charge is 0.342 e. The van der Waals surface area contributed by atoms with Gasteiger partial charge in [-0.1, -0.05) is 55.1 Å². The van der Waals surface area contributed by atoms with Crippen LogP contribution in [0.2, 0.25) is 0 Å². The number of aryl methyl sites for hydroxylation is 2. The average Bonchev–Trinajstić information content (AvgIpc) is 3.18. The number of hydrogen-bond acceptors (Lipinski definition) is 4. The highest BCUT2D eigenvalue weighted by molar-refractivity contribution is 7.99. The van der Waals surface area contributed by atoms with Crippen LogP contribution in [0.4, 0.5) is 0 Å². The number of nitrogens with zero attached hydrogens (tertiary/aromatic N) is 4. The summed E-state index contributed by atoms with van der Waals surface area (Å²) in [5, 5.41) is 9.69. The highest BCUT2D eigenvalue weighted by Gasteiger charge is 2.23. The van der Waals surface area contributed by atoms with Crippen LogP contribution in [0.1, 0.15) is 30.9 Å². The zero-order chi connectivity index (χ0) is 21.1. The van der Waals surface area contributed by atoms with Gasteiger partial charge in [0.05, 0.1) is 11.4 Å². The molecule has 0 bridgehead atoms. The van der Waals surface area contributed by atoms with Gasteiger partial charge in [0.15, 0.2) is 11.0 Å². The summed E-state index contributed by atoms with van der Waals surface area (Å²) in [6.45, 7) is 8.16. The van der Waals surface area contributed by atoms with Crippen molar-refractivity contribution >= 4 is 17.7 Å². The lowest BCUT2D eigenvalue weighted by atomic mass is 10.0. The van der Waals surface area contributed by atoms with Gasteiger partial charge in [-0.2, -0.15) is 0 Å². The number of rotatable bonds is 5. The SMILES string of the molecule is Cc1ccc(-n2c(SCC(=O)N3CCC[C@H](C)C3)nnc2-c2ccccc2)cc1C. The standard InChI is InChI=1S/C24H28N4OS/c1-17-8-7-13-27(15-17)22(29)16-30-24-26-25-23(20-9-5-4-6-10-20)28(24)21-12-11-18(2)19(3)14-21/h4-6,9-12,14,17H,7-8,13,15-16H2,1-3H3/t17-/m0/s1. The summed E-state index contributed by atoms with van der Waals surface area (Å²) in [4.78, 5) is 14.8. The Bertz CT molecular complexity index is 1030. The summed E-state index contributed by atoms with van der Waals surface area (Å²) in [7, 11) is 0. The highest BCUT2D eigenvalue weighted by atomic mass is 32.2. The minimum Gasteiger partial charge on any atom is -0.342 e. The van der Waals surface area contributed by atoms with Crippen LogP contribution in [0.25, 0.3) is 17.1 Å². The lowest BCUT2D eigenvalue weighted by Gasteiger charge is -2.30. The molecule has 0 unspecified atom stereocenters. The van der Waals surface area contributed by atoms with E-state index in [0.29, 0.717) is 11.7 Å². The number of hydrogen-bond donors (Lipinski definition) is 0. The Labute approximate surface area is 182 Å². The van der Waals surface area contributed by atoms with E-state index in [9.17, 15) is 4.79 Å². The lowest BCUT2D eigenvalue weighted by Crippen LogP contribution is -2.40. The first-order valence-corrected chi connectivity index (χ1v) is 11.5. The Morgan fingerprint density at radius 2 is 1.90 bits per heavy atom. The Hall–Kier alpha value is -2.60. The second-order valence-electron chi connectivity index (χ2n) is 8.15. The van der Waals surface area contributed by atoms with E-state index in [-0.39, 0.29) is 5.91 Å². The molecule has 30 heavy (non-hydrogen) atoms. The number of thioether (sulfide) groups is 1. The van der Waals surface area contributed by atoms with Gasteiger partial charge in [-0.15, -0.1) is 10.2 Å². The number of carbonyl (C=O) groups excluding carboxylic acids is 1. The van der Waals surface area contributed by atoms with Crippen LogP contribution in [-0.2, 0) is 4.79 Å². The molecule has 1 fully saturated rings. The van der Waals surface area contributed by atoms with Crippen molar-refractivity contribution < 1.29 is 4.79 Å². The molecule has 156 valence electrons. The molecule has 0 spiro atoms. The summed E-state index contributed by atoms with van der Waals surface area (Å²) in [5.74, 6) is 1.93. The van der Waals surface area contributed by atoms with Crippen molar-refractivity contribution in [2.24, 2.45) is 5.92 Å². The third-order valence-corrected chi connectivity index (χ3v) is 6.66. The molecule has 1 atom stereocenters. The first kappa shape index (κ1) is 20.7. The fraction of sp³-hybridized carbons (Fsp3) is 0.375. The average molecular weight is 421 g/mol. The zero-order valence-corrected chi connectivity index (χ0v) is 18.7. The van der Waals surface area contributed by atoms with Gasteiger partial charge in [0, 0.05) is 18.7 Å². The summed E-state index contributed by atoms with van der Waals surface area (Å²) in [6.07, 6.45) is 2.30. The van der Waals surface area contributed by atoms with Gasteiger partial charge in [0.25, 0.3) is 0 Å². The number of carbonyl (C=O) groups is 1. The van der Waals surface area contributed by atoms with Crippen LogP contribution in [-0.4, -0.2) is 44.4 Å². The summed E-state index contributed by atoms with van der Waals surface area (Å²) >= 11 is 1.47. The Morgan fingerprint density at radius 1 is 1.10 bits per heavy atom. The van der Waals surface area contributed by atoms with Crippen LogP contribution < -0.4 is 0 Å². The number of amides is 1. The second-order valence-corrected chi connectivity index (χ2v) is 9.09. The van der Waals surface area contributed by atoms with Gasteiger partial charge in [-0.05, 0) is 55.9 Å². The topological polar surface area (TPSA) is 51.0 Å². The minimum atomic E-state index is 0.183. The smallest absolute Gasteiger partial charge is 0.233 e. The molecule has 1 amide bonds. The summed E-state index contributed by atoms with van der Waals surface area (Å²) in [5.41, 5.74) is 4.49. The molecule has 5 nitrogen and oxygen atoms in total. The van der Waals surface area contributed by atoms with E-state index < -0.39 is 0 Å². The van der Waals surface area contributed by atoms with E-state index in [2.05, 4.69) is 53.7 Å². The van der Waals surface area contributed by atoms with Gasteiger partial charge in [0.2, 0.25) is 5.91 Å². The molecule has 0 radical (unpaired) electrons. The number of aromatic nitrogens is 3. The first-order valence-electron chi connectivity index (χ1n) is 10.5. The monoisotopic (exact) mass is 420 g/mol. The number of piperidine rings is 1. The fourth-order valence-electron chi connectivity index (χ4n) is 3.87. The second kappa shape index (κ2) is 9.04. The van der Waals surface area contributed by atoms with Crippen LogP contribution >= 0.6 is 11.8 Å². The molecule has 4 rings (SSSR count). The number of benzene rings is 2. The molecule has 1 aliphatic heterocycles. The van der Waals surface area contributed by atoms with E-state index in [1.807, 2.05) is 35.2 Å². The predicted molar refractivity (Wildman–Crippen MR) is 122 cm³/mol. The number of likely N-dealkylation sites (tertiary alicyclic amines) is 1. The Balaban J connectivity index is 1.63. The third-order valence-electron chi connectivity index (χ3n) is 5.75. The molecular weight excluding hydrogens is 392 g/mol. The molecule has 6 heteroatoms. The molecule has 2 heterocycles. The summed E-state index contributed by atoms with van der Waals surface area (Å²) in [6, 6.07) is 16.4. The predicted octanol–water partition coefficient (Wildman–Crippen LogP) is 4.90. The van der Waals surface area contributed by atoms with Gasteiger partial charge < -0.3 is 4.90 Å². The quantitative estimate of drug-likeness (QED) is 0.551. The van der Waals surface area contributed by atoms with Crippen LogP contribution in [0.3, 0.4) is 0 Å². The zero-order valence-electron chi connectivity index (χ0n) is 17.8.